The van der Waals surface area contributed by atoms with Gasteiger partial charge in [-0.25, -0.2) is 0 Å². The van der Waals surface area contributed by atoms with Gasteiger partial charge in [0.05, 0.1) is 6.10 Å². The number of aliphatic hydroxyl groups excluding tert-OH is 1. The first-order valence-electron chi connectivity index (χ1n) is 9.14. The molecule has 23 heavy (non-hydrogen) atoms. The number of aliphatic hydroxyl groups is 1. The van der Waals surface area contributed by atoms with E-state index in [1.165, 1.54) is 19.3 Å². The topological polar surface area (TPSA) is 75.3 Å². The molecule has 3 rings (SSSR count). The summed E-state index contributed by atoms with van der Waals surface area (Å²) >= 11 is 0. The van der Waals surface area contributed by atoms with E-state index in [-0.39, 0.29) is 41.7 Å². The van der Waals surface area contributed by atoms with Gasteiger partial charge in [0.1, 0.15) is 0 Å². The van der Waals surface area contributed by atoms with Crippen molar-refractivity contribution in [2.24, 2.45) is 34.8 Å². The van der Waals surface area contributed by atoms with Crippen LogP contribution in [0, 0.1) is 29.1 Å². The molecule has 5 heteroatoms. The summed E-state index contributed by atoms with van der Waals surface area (Å²) in [5, 5.41) is 13.5. The number of hydrogen-bond donors (Lipinski definition) is 3. The number of carbonyl (C=O) groups is 1. The third-order valence-corrected chi connectivity index (χ3v) is 6.55. The average Bonchev–Trinajstić information content (AvgIpc) is 3.24. The number of nitrogens with two attached hydrogens (primary N) is 1. The summed E-state index contributed by atoms with van der Waals surface area (Å²) in [7, 11) is 0. The monoisotopic (exact) mass is 344 g/mol. The van der Waals surface area contributed by atoms with E-state index in [0.29, 0.717) is 24.4 Å². The average molecular weight is 345 g/mol. The molecule has 0 saturated heterocycles. The summed E-state index contributed by atoms with van der Waals surface area (Å²) in [6.45, 7) is 4.75. The van der Waals surface area contributed by atoms with E-state index in [9.17, 15) is 9.90 Å². The van der Waals surface area contributed by atoms with E-state index < -0.39 is 0 Å². The molecule has 0 radical (unpaired) electrons. The van der Waals surface area contributed by atoms with Crippen molar-refractivity contribution < 1.29 is 9.90 Å². The number of rotatable bonds is 5. The van der Waals surface area contributed by atoms with Gasteiger partial charge >= 0.3 is 0 Å². The van der Waals surface area contributed by atoms with Gasteiger partial charge in [-0.15, -0.1) is 12.4 Å². The summed E-state index contributed by atoms with van der Waals surface area (Å²) in [5.41, 5.74) is 6.26. The van der Waals surface area contributed by atoms with Crippen molar-refractivity contribution in [2.45, 2.75) is 70.9 Å². The van der Waals surface area contributed by atoms with Crippen molar-refractivity contribution in [3.05, 3.63) is 0 Å². The minimum Gasteiger partial charge on any atom is -0.392 e. The van der Waals surface area contributed by atoms with Gasteiger partial charge in [0.15, 0.2) is 0 Å². The van der Waals surface area contributed by atoms with Gasteiger partial charge in [-0.2, -0.15) is 0 Å². The Morgan fingerprint density at radius 3 is 2.30 bits per heavy atom. The van der Waals surface area contributed by atoms with Crippen LogP contribution in [-0.4, -0.2) is 29.7 Å². The van der Waals surface area contributed by atoms with Crippen LogP contribution < -0.4 is 11.1 Å². The minimum absolute atomic E-state index is 0. The molecule has 1 amide bonds. The third-order valence-electron chi connectivity index (χ3n) is 6.55. The fraction of sp³-hybridized carbons (Fsp3) is 0.944. The van der Waals surface area contributed by atoms with Crippen molar-refractivity contribution in [1.82, 2.24) is 5.32 Å². The lowest BCUT2D eigenvalue weighted by atomic mass is 9.65. The summed E-state index contributed by atoms with van der Waals surface area (Å²) in [6, 6.07) is 0.315. The van der Waals surface area contributed by atoms with Crippen LogP contribution in [0.4, 0.5) is 0 Å². The molecular weight excluding hydrogens is 312 g/mol. The summed E-state index contributed by atoms with van der Waals surface area (Å²) in [6.07, 6.45) is 7.36. The van der Waals surface area contributed by atoms with Crippen LogP contribution in [-0.2, 0) is 4.79 Å². The zero-order valence-corrected chi connectivity index (χ0v) is 15.3. The lowest BCUT2D eigenvalue weighted by Crippen LogP contribution is -2.50. The normalized spacial score (nSPS) is 36.0. The maximum atomic E-state index is 12.6. The van der Waals surface area contributed by atoms with E-state index in [1.807, 2.05) is 0 Å². The standard InChI is InChI=1S/C18H32N2O2.ClH/c1-11(2)16(21)18(6-7-18)10-20-17(22)14-8-12-4-3-5-13(9-14)15(12)19;/h11-16,21H,3-10,19H2,1-2H3,(H,20,22);1H. The Labute approximate surface area is 146 Å². The molecule has 3 fully saturated rings. The number of amides is 1. The first kappa shape index (κ1) is 19.0. The Bertz CT molecular complexity index is 411. The highest BCUT2D eigenvalue weighted by molar-refractivity contribution is 5.85. The predicted octanol–water partition coefficient (Wildman–Crippen LogP) is 2.48. The largest absolute Gasteiger partial charge is 0.392 e. The van der Waals surface area contributed by atoms with Crippen LogP contribution in [0.3, 0.4) is 0 Å². The van der Waals surface area contributed by atoms with Gasteiger partial charge < -0.3 is 16.2 Å². The Kier molecular flexibility index (Phi) is 6.02. The lowest BCUT2D eigenvalue weighted by Gasteiger charge is -2.43. The van der Waals surface area contributed by atoms with E-state index in [2.05, 4.69) is 19.2 Å². The van der Waals surface area contributed by atoms with Crippen LogP contribution in [0.1, 0.15) is 58.8 Å². The van der Waals surface area contributed by atoms with Gasteiger partial charge in [-0.1, -0.05) is 20.3 Å². The Hall–Kier alpha value is -0.320. The van der Waals surface area contributed by atoms with E-state index in [4.69, 9.17) is 5.73 Å². The summed E-state index contributed by atoms with van der Waals surface area (Å²) in [5.74, 6) is 1.68. The number of carbonyl (C=O) groups excluding carboxylic acids is 1. The number of hydrogen-bond acceptors (Lipinski definition) is 3. The van der Waals surface area contributed by atoms with Crippen LogP contribution in [0.2, 0.25) is 0 Å². The highest BCUT2D eigenvalue weighted by Crippen LogP contribution is 2.50. The SMILES string of the molecule is CC(C)C(O)C1(CNC(=O)C2CC3CCCC(C2)C3N)CC1.Cl. The van der Waals surface area contributed by atoms with Crippen LogP contribution >= 0.6 is 12.4 Å². The Balaban J connectivity index is 0.00000192. The van der Waals surface area contributed by atoms with Crippen molar-refractivity contribution in [2.75, 3.05) is 6.54 Å². The lowest BCUT2D eigenvalue weighted by molar-refractivity contribution is -0.128. The Morgan fingerprint density at radius 1 is 1.26 bits per heavy atom. The molecule has 3 saturated carbocycles. The molecule has 0 aromatic heterocycles. The molecule has 3 aliphatic rings. The molecule has 4 nitrogen and oxygen atoms in total. The Morgan fingerprint density at radius 2 is 1.83 bits per heavy atom. The van der Waals surface area contributed by atoms with Crippen molar-refractivity contribution in [1.29, 1.82) is 0 Å². The number of nitrogens with one attached hydrogen (secondary N) is 1. The van der Waals surface area contributed by atoms with E-state index in [0.717, 1.165) is 25.7 Å². The number of halogens is 1. The molecule has 0 aromatic rings. The molecule has 0 spiro atoms. The highest BCUT2D eigenvalue weighted by Gasteiger charge is 2.50. The second-order valence-electron chi connectivity index (χ2n) is 8.47. The zero-order chi connectivity index (χ0) is 15.9. The third kappa shape index (κ3) is 3.85. The van der Waals surface area contributed by atoms with Gasteiger partial charge in [-0.3, -0.25) is 4.79 Å². The molecule has 0 heterocycles. The van der Waals surface area contributed by atoms with Gasteiger partial charge in [0, 0.05) is 23.9 Å². The fourth-order valence-electron chi connectivity index (χ4n) is 4.86. The molecular formula is C18H33ClN2O2. The van der Waals surface area contributed by atoms with E-state index in [1.54, 1.807) is 0 Å². The van der Waals surface area contributed by atoms with Crippen LogP contribution in [0.25, 0.3) is 0 Å². The quantitative estimate of drug-likeness (QED) is 0.717. The maximum absolute atomic E-state index is 12.6. The van der Waals surface area contributed by atoms with Crippen LogP contribution in [0.15, 0.2) is 0 Å². The molecule has 134 valence electrons. The summed E-state index contributed by atoms with van der Waals surface area (Å²) in [4.78, 5) is 12.6. The highest BCUT2D eigenvalue weighted by atomic mass is 35.5. The molecule has 4 N–H and O–H groups in total. The van der Waals surface area contributed by atoms with Crippen molar-refractivity contribution >= 4 is 18.3 Å². The van der Waals surface area contributed by atoms with Gasteiger partial charge in [-0.05, 0) is 56.3 Å². The van der Waals surface area contributed by atoms with Crippen molar-refractivity contribution in [3.8, 4) is 0 Å². The smallest absolute Gasteiger partial charge is 0.223 e. The minimum atomic E-state index is -0.299. The first-order chi connectivity index (χ1) is 10.4. The molecule has 3 unspecified atom stereocenters. The molecule has 0 aliphatic heterocycles. The van der Waals surface area contributed by atoms with Gasteiger partial charge in [0.2, 0.25) is 5.91 Å². The zero-order valence-electron chi connectivity index (χ0n) is 14.5. The van der Waals surface area contributed by atoms with Crippen LogP contribution in [0.5, 0.6) is 0 Å². The van der Waals surface area contributed by atoms with E-state index >= 15 is 0 Å². The molecule has 3 atom stereocenters. The second kappa shape index (κ2) is 7.28. The molecule has 3 aliphatic carbocycles. The first-order valence-corrected chi connectivity index (χ1v) is 9.14. The number of fused-ring (bicyclic) bond motifs is 2. The molecule has 0 aromatic carbocycles. The summed E-state index contributed by atoms with van der Waals surface area (Å²) < 4.78 is 0. The molecule has 2 bridgehead atoms. The fourth-order valence-corrected chi connectivity index (χ4v) is 4.86. The second-order valence-corrected chi connectivity index (χ2v) is 8.47. The predicted molar refractivity (Wildman–Crippen MR) is 94.3 cm³/mol. The van der Waals surface area contributed by atoms with Crippen molar-refractivity contribution in [3.63, 3.8) is 0 Å². The maximum Gasteiger partial charge on any atom is 0.223 e. The van der Waals surface area contributed by atoms with Gasteiger partial charge in [0.25, 0.3) is 0 Å².